The van der Waals surface area contributed by atoms with Gasteiger partial charge in [0.25, 0.3) is 0 Å². The van der Waals surface area contributed by atoms with E-state index in [1.54, 1.807) is 0 Å². The van der Waals surface area contributed by atoms with Crippen LogP contribution in [0.3, 0.4) is 0 Å². The molecule has 0 spiro atoms. The second-order valence-corrected chi connectivity index (χ2v) is 6.39. The van der Waals surface area contributed by atoms with E-state index in [4.69, 9.17) is 0 Å². The normalized spacial score (nSPS) is 18.5. The van der Waals surface area contributed by atoms with Gasteiger partial charge in [0.05, 0.1) is 5.69 Å². The molecule has 0 aromatic carbocycles. The Morgan fingerprint density at radius 2 is 2.16 bits per heavy atom. The van der Waals surface area contributed by atoms with E-state index < -0.39 is 0 Å². The van der Waals surface area contributed by atoms with Gasteiger partial charge < -0.3 is 5.32 Å². The number of nitrogens with zero attached hydrogens (tertiary/aromatic N) is 2. The maximum Gasteiger partial charge on any atom is 0.0624 e. The Bertz CT molecular complexity index is 406. The van der Waals surface area contributed by atoms with E-state index >= 15 is 0 Å². The maximum absolute atomic E-state index is 4.59. The molecule has 1 N–H and O–H groups in total. The summed E-state index contributed by atoms with van der Waals surface area (Å²) in [6, 6.07) is 2.29. The predicted molar refractivity (Wildman–Crippen MR) is 80.3 cm³/mol. The van der Waals surface area contributed by atoms with Crippen LogP contribution in [0.2, 0.25) is 0 Å². The molecule has 1 heterocycles. The number of nitrogens with one attached hydrogen (secondary N) is 1. The number of hydrogen-bond acceptors (Lipinski definition) is 2. The lowest BCUT2D eigenvalue weighted by Gasteiger charge is -2.30. The first-order valence-corrected chi connectivity index (χ1v) is 7.81. The van der Waals surface area contributed by atoms with E-state index in [2.05, 4.69) is 49.0 Å². The lowest BCUT2D eigenvalue weighted by Crippen LogP contribution is -2.36. The van der Waals surface area contributed by atoms with E-state index in [1.165, 1.54) is 30.7 Å². The van der Waals surface area contributed by atoms with Crippen molar-refractivity contribution in [2.45, 2.75) is 52.9 Å². The third-order valence-corrected chi connectivity index (χ3v) is 4.49. The third-order valence-electron chi connectivity index (χ3n) is 4.49. The fourth-order valence-electron chi connectivity index (χ4n) is 3.01. The van der Waals surface area contributed by atoms with Crippen LogP contribution in [-0.4, -0.2) is 22.9 Å². The summed E-state index contributed by atoms with van der Waals surface area (Å²) in [4.78, 5) is 0. The van der Waals surface area contributed by atoms with Crippen LogP contribution in [0.1, 0.15) is 51.4 Å². The SMILES string of the molecule is CCCNCC(C)(Cc1cc(CC)nn1C)C1CC1. The van der Waals surface area contributed by atoms with Crippen molar-refractivity contribution < 1.29 is 0 Å². The van der Waals surface area contributed by atoms with Gasteiger partial charge in [-0.15, -0.1) is 0 Å². The molecule has 108 valence electrons. The van der Waals surface area contributed by atoms with Crippen LogP contribution in [0.4, 0.5) is 0 Å². The molecule has 1 aliphatic rings. The van der Waals surface area contributed by atoms with Gasteiger partial charge in [-0.25, -0.2) is 0 Å². The molecule has 0 radical (unpaired) electrons. The van der Waals surface area contributed by atoms with E-state index in [0.29, 0.717) is 5.41 Å². The highest BCUT2D eigenvalue weighted by Crippen LogP contribution is 2.47. The molecular formula is C16H29N3. The predicted octanol–water partition coefficient (Wildman–Crippen LogP) is 2.94. The summed E-state index contributed by atoms with van der Waals surface area (Å²) in [5.41, 5.74) is 3.01. The highest BCUT2D eigenvalue weighted by Gasteiger charge is 2.41. The largest absolute Gasteiger partial charge is 0.316 e. The van der Waals surface area contributed by atoms with Crippen LogP contribution < -0.4 is 5.32 Å². The zero-order valence-corrected chi connectivity index (χ0v) is 13.0. The summed E-state index contributed by atoms with van der Waals surface area (Å²) >= 11 is 0. The fourth-order valence-corrected chi connectivity index (χ4v) is 3.01. The summed E-state index contributed by atoms with van der Waals surface area (Å²) < 4.78 is 2.08. The minimum Gasteiger partial charge on any atom is -0.316 e. The Morgan fingerprint density at radius 3 is 2.68 bits per heavy atom. The van der Waals surface area contributed by atoms with Crippen molar-refractivity contribution in [3.63, 3.8) is 0 Å². The van der Waals surface area contributed by atoms with Gasteiger partial charge in [-0.1, -0.05) is 20.8 Å². The van der Waals surface area contributed by atoms with Crippen LogP contribution in [0.15, 0.2) is 6.07 Å². The molecule has 1 atom stereocenters. The smallest absolute Gasteiger partial charge is 0.0624 e. The van der Waals surface area contributed by atoms with Crippen molar-refractivity contribution in [3.8, 4) is 0 Å². The quantitative estimate of drug-likeness (QED) is 0.731. The first kappa shape index (κ1) is 14.6. The molecule has 1 aromatic rings. The van der Waals surface area contributed by atoms with Crippen LogP contribution in [0.25, 0.3) is 0 Å². The van der Waals surface area contributed by atoms with Gasteiger partial charge in [0.2, 0.25) is 0 Å². The second kappa shape index (κ2) is 6.08. The monoisotopic (exact) mass is 263 g/mol. The summed E-state index contributed by atoms with van der Waals surface area (Å²) in [7, 11) is 2.08. The molecule has 0 amide bonds. The topological polar surface area (TPSA) is 29.9 Å². The molecule has 1 aliphatic carbocycles. The zero-order valence-electron chi connectivity index (χ0n) is 13.0. The maximum atomic E-state index is 4.59. The summed E-state index contributed by atoms with van der Waals surface area (Å²) in [6.07, 6.45) is 6.21. The average molecular weight is 263 g/mol. The van der Waals surface area contributed by atoms with Crippen LogP contribution in [0.5, 0.6) is 0 Å². The van der Waals surface area contributed by atoms with Gasteiger partial charge in [-0.05, 0) is 56.0 Å². The van der Waals surface area contributed by atoms with Crippen molar-refractivity contribution in [2.75, 3.05) is 13.1 Å². The van der Waals surface area contributed by atoms with E-state index in [-0.39, 0.29) is 0 Å². The first-order valence-electron chi connectivity index (χ1n) is 7.81. The van der Waals surface area contributed by atoms with E-state index in [1.807, 2.05) is 0 Å². The van der Waals surface area contributed by atoms with Gasteiger partial charge in [0.15, 0.2) is 0 Å². The van der Waals surface area contributed by atoms with Gasteiger partial charge in [-0.3, -0.25) is 4.68 Å². The van der Waals surface area contributed by atoms with E-state index in [0.717, 1.165) is 31.8 Å². The second-order valence-electron chi connectivity index (χ2n) is 6.39. The highest BCUT2D eigenvalue weighted by molar-refractivity contribution is 5.13. The molecule has 1 aromatic heterocycles. The van der Waals surface area contributed by atoms with Gasteiger partial charge in [0, 0.05) is 19.3 Å². The molecule has 19 heavy (non-hydrogen) atoms. The minimum atomic E-state index is 0.397. The summed E-state index contributed by atoms with van der Waals surface area (Å²) in [5.74, 6) is 0.900. The summed E-state index contributed by atoms with van der Waals surface area (Å²) in [6.45, 7) is 9.13. The Balaban J connectivity index is 2.04. The van der Waals surface area contributed by atoms with Gasteiger partial charge in [0.1, 0.15) is 0 Å². The average Bonchev–Trinajstić information content (AvgIpc) is 3.17. The lowest BCUT2D eigenvalue weighted by atomic mass is 9.80. The molecular weight excluding hydrogens is 234 g/mol. The molecule has 1 saturated carbocycles. The Kier molecular flexibility index (Phi) is 4.67. The Hall–Kier alpha value is -0.830. The minimum absolute atomic E-state index is 0.397. The van der Waals surface area contributed by atoms with Gasteiger partial charge >= 0.3 is 0 Å². The van der Waals surface area contributed by atoms with Crippen molar-refractivity contribution in [2.24, 2.45) is 18.4 Å². The molecule has 0 aliphatic heterocycles. The summed E-state index contributed by atoms with van der Waals surface area (Å²) in [5, 5.41) is 8.21. The van der Waals surface area contributed by atoms with Crippen LogP contribution >= 0.6 is 0 Å². The first-order chi connectivity index (χ1) is 9.09. The fraction of sp³-hybridized carbons (Fsp3) is 0.812. The molecule has 0 bridgehead atoms. The van der Waals surface area contributed by atoms with Crippen LogP contribution in [-0.2, 0) is 19.9 Å². The van der Waals surface area contributed by atoms with Crippen molar-refractivity contribution in [1.82, 2.24) is 15.1 Å². The van der Waals surface area contributed by atoms with Crippen LogP contribution in [0, 0.1) is 11.3 Å². The third kappa shape index (κ3) is 3.59. The molecule has 3 nitrogen and oxygen atoms in total. The van der Waals surface area contributed by atoms with Gasteiger partial charge in [-0.2, -0.15) is 5.10 Å². The molecule has 1 fully saturated rings. The molecule has 0 saturated heterocycles. The lowest BCUT2D eigenvalue weighted by molar-refractivity contribution is 0.251. The molecule has 2 rings (SSSR count). The highest BCUT2D eigenvalue weighted by atomic mass is 15.3. The van der Waals surface area contributed by atoms with Crippen molar-refractivity contribution in [1.29, 1.82) is 0 Å². The Labute approximate surface area is 117 Å². The van der Waals surface area contributed by atoms with Crippen molar-refractivity contribution in [3.05, 3.63) is 17.5 Å². The molecule has 3 heteroatoms. The number of hydrogen-bond donors (Lipinski definition) is 1. The number of aromatic nitrogens is 2. The standard InChI is InChI=1S/C16H29N3/c1-5-9-17-12-16(3,13-7-8-13)11-15-10-14(6-2)18-19(15)4/h10,13,17H,5-9,11-12H2,1-4H3. The van der Waals surface area contributed by atoms with E-state index in [9.17, 15) is 0 Å². The molecule has 1 unspecified atom stereocenters. The number of aryl methyl sites for hydroxylation is 2. The Morgan fingerprint density at radius 1 is 1.42 bits per heavy atom. The number of rotatable bonds is 8. The zero-order chi connectivity index (χ0) is 13.9. The van der Waals surface area contributed by atoms with Crippen molar-refractivity contribution >= 4 is 0 Å².